The molecular weight excluding hydrogens is 276 g/mol. The summed E-state index contributed by atoms with van der Waals surface area (Å²) in [5.41, 5.74) is 0.226. The van der Waals surface area contributed by atoms with Gasteiger partial charge in [0.2, 0.25) is 0 Å². The van der Waals surface area contributed by atoms with Crippen molar-refractivity contribution in [3.8, 4) is 5.75 Å². The standard InChI is InChI=1S/C16H15F2NO2/c1-11(14-8-7-12(17)9-15(14)18)19-16(20)10-21-13-5-3-2-4-6-13/h2-9,11H,10H2,1H3,(H,19,20). The molecule has 0 radical (unpaired) electrons. The molecule has 0 saturated heterocycles. The molecule has 0 aliphatic rings. The molecule has 1 N–H and O–H groups in total. The van der Waals surface area contributed by atoms with Gasteiger partial charge in [-0.2, -0.15) is 0 Å². The lowest BCUT2D eigenvalue weighted by Crippen LogP contribution is -2.31. The third-order valence-electron chi connectivity index (χ3n) is 2.92. The van der Waals surface area contributed by atoms with E-state index in [1.165, 1.54) is 6.07 Å². The highest BCUT2D eigenvalue weighted by atomic mass is 19.1. The number of para-hydroxylation sites is 1. The predicted molar refractivity (Wildman–Crippen MR) is 74.9 cm³/mol. The van der Waals surface area contributed by atoms with E-state index in [9.17, 15) is 13.6 Å². The Kier molecular flexibility index (Phi) is 4.87. The maximum atomic E-state index is 13.6. The summed E-state index contributed by atoms with van der Waals surface area (Å²) in [5.74, 6) is -1.14. The molecule has 0 aliphatic carbocycles. The molecule has 5 heteroatoms. The van der Waals surface area contributed by atoms with Crippen molar-refractivity contribution in [1.29, 1.82) is 0 Å². The van der Waals surface area contributed by atoms with Crippen LogP contribution in [0.15, 0.2) is 48.5 Å². The van der Waals surface area contributed by atoms with Crippen LogP contribution in [0.4, 0.5) is 8.78 Å². The number of carbonyl (C=O) groups excluding carboxylic acids is 1. The molecule has 3 nitrogen and oxygen atoms in total. The van der Waals surface area contributed by atoms with Crippen molar-refractivity contribution in [1.82, 2.24) is 5.32 Å². The van der Waals surface area contributed by atoms with Gasteiger partial charge in [-0.1, -0.05) is 24.3 Å². The molecule has 2 aromatic rings. The quantitative estimate of drug-likeness (QED) is 0.918. The zero-order valence-corrected chi connectivity index (χ0v) is 11.5. The molecule has 0 aliphatic heterocycles. The number of carbonyl (C=O) groups is 1. The summed E-state index contributed by atoms with van der Waals surface area (Å²) in [7, 11) is 0. The van der Waals surface area contributed by atoms with Gasteiger partial charge < -0.3 is 10.1 Å². The van der Waals surface area contributed by atoms with Gasteiger partial charge in [0.25, 0.3) is 5.91 Å². The zero-order chi connectivity index (χ0) is 15.2. The van der Waals surface area contributed by atoms with Crippen LogP contribution >= 0.6 is 0 Å². The number of nitrogens with one attached hydrogen (secondary N) is 1. The van der Waals surface area contributed by atoms with Crippen LogP contribution in [-0.2, 0) is 4.79 Å². The fourth-order valence-corrected chi connectivity index (χ4v) is 1.88. The van der Waals surface area contributed by atoms with Gasteiger partial charge in [-0.25, -0.2) is 8.78 Å². The Morgan fingerprint density at radius 2 is 1.90 bits per heavy atom. The van der Waals surface area contributed by atoms with Crippen LogP contribution in [-0.4, -0.2) is 12.5 Å². The fraction of sp³-hybridized carbons (Fsp3) is 0.188. The highest BCUT2D eigenvalue weighted by Crippen LogP contribution is 2.17. The Hall–Kier alpha value is -2.43. The van der Waals surface area contributed by atoms with Crippen molar-refractivity contribution < 1.29 is 18.3 Å². The minimum absolute atomic E-state index is 0.169. The minimum atomic E-state index is -0.688. The summed E-state index contributed by atoms with van der Waals surface area (Å²) in [6.45, 7) is 1.45. The largest absolute Gasteiger partial charge is 0.484 e. The second-order valence-corrected chi connectivity index (χ2v) is 4.56. The maximum Gasteiger partial charge on any atom is 0.258 e. The Balaban J connectivity index is 1.90. The average molecular weight is 291 g/mol. The summed E-state index contributed by atoms with van der Waals surface area (Å²) in [5, 5.41) is 2.60. The Labute approximate surface area is 121 Å². The molecular formula is C16H15F2NO2. The van der Waals surface area contributed by atoms with Gasteiger partial charge >= 0.3 is 0 Å². The molecule has 2 aromatic carbocycles. The van der Waals surface area contributed by atoms with Crippen LogP contribution in [0.25, 0.3) is 0 Å². The molecule has 0 aromatic heterocycles. The molecule has 0 saturated carbocycles. The van der Waals surface area contributed by atoms with E-state index in [0.717, 1.165) is 12.1 Å². The first kappa shape index (κ1) is 15.0. The molecule has 0 bridgehead atoms. The van der Waals surface area contributed by atoms with Crippen LogP contribution in [0.1, 0.15) is 18.5 Å². The maximum absolute atomic E-state index is 13.6. The first-order chi connectivity index (χ1) is 10.1. The van der Waals surface area contributed by atoms with Gasteiger partial charge in [0.15, 0.2) is 6.61 Å². The van der Waals surface area contributed by atoms with E-state index in [1.807, 2.05) is 6.07 Å². The van der Waals surface area contributed by atoms with Crippen molar-refractivity contribution in [3.63, 3.8) is 0 Å². The smallest absolute Gasteiger partial charge is 0.258 e. The molecule has 0 heterocycles. The van der Waals surface area contributed by atoms with E-state index >= 15 is 0 Å². The highest BCUT2D eigenvalue weighted by Gasteiger charge is 2.14. The van der Waals surface area contributed by atoms with Gasteiger partial charge in [-0.05, 0) is 25.1 Å². The van der Waals surface area contributed by atoms with E-state index < -0.39 is 17.7 Å². The van der Waals surface area contributed by atoms with Crippen molar-refractivity contribution in [2.24, 2.45) is 0 Å². The lowest BCUT2D eigenvalue weighted by Gasteiger charge is -2.15. The molecule has 21 heavy (non-hydrogen) atoms. The van der Waals surface area contributed by atoms with Crippen molar-refractivity contribution >= 4 is 5.91 Å². The average Bonchev–Trinajstić information content (AvgIpc) is 2.46. The SMILES string of the molecule is CC(NC(=O)COc1ccccc1)c1ccc(F)cc1F. The molecule has 110 valence electrons. The number of rotatable bonds is 5. The van der Waals surface area contributed by atoms with E-state index in [4.69, 9.17) is 4.74 Å². The topological polar surface area (TPSA) is 38.3 Å². The van der Waals surface area contributed by atoms with Crippen molar-refractivity contribution in [2.75, 3.05) is 6.61 Å². The van der Waals surface area contributed by atoms with Crippen molar-refractivity contribution in [2.45, 2.75) is 13.0 Å². The summed E-state index contributed by atoms with van der Waals surface area (Å²) in [6, 6.07) is 11.6. The molecule has 2 rings (SSSR count). The summed E-state index contributed by atoms with van der Waals surface area (Å²) >= 11 is 0. The fourth-order valence-electron chi connectivity index (χ4n) is 1.88. The third-order valence-corrected chi connectivity index (χ3v) is 2.92. The van der Waals surface area contributed by atoms with Crippen LogP contribution in [0.5, 0.6) is 5.75 Å². The lowest BCUT2D eigenvalue weighted by molar-refractivity contribution is -0.123. The molecule has 1 amide bonds. The Morgan fingerprint density at radius 3 is 2.57 bits per heavy atom. The second kappa shape index (κ2) is 6.83. The third kappa shape index (κ3) is 4.27. The number of ether oxygens (including phenoxy) is 1. The van der Waals surface area contributed by atoms with E-state index in [0.29, 0.717) is 5.75 Å². The number of hydrogen-bond acceptors (Lipinski definition) is 2. The minimum Gasteiger partial charge on any atom is -0.484 e. The number of halogens is 2. The van der Waals surface area contributed by atoms with E-state index in [2.05, 4.69) is 5.32 Å². The second-order valence-electron chi connectivity index (χ2n) is 4.56. The highest BCUT2D eigenvalue weighted by molar-refractivity contribution is 5.78. The number of amides is 1. The van der Waals surface area contributed by atoms with Crippen LogP contribution in [0, 0.1) is 11.6 Å². The normalized spacial score (nSPS) is 11.8. The van der Waals surface area contributed by atoms with Gasteiger partial charge in [-0.3, -0.25) is 4.79 Å². The van der Waals surface area contributed by atoms with Crippen LogP contribution in [0.3, 0.4) is 0 Å². The first-order valence-electron chi connectivity index (χ1n) is 6.48. The molecule has 0 fully saturated rings. The first-order valence-corrected chi connectivity index (χ1v) is 6.48. The Morgan fingerprint density at radius 1 is 1.19 bits per heavy atom. The van der Waals surface area contributed by atoms with Crippen LogP contribution < -0.4 is 10.1 Å². The lowest BCUT2D eigenvalue weighted by atomic mass is 10.1. The van der Waals surface area contributed by atoms with Gasteiger partial charge in [0, 0.05) is 11.6 Å². The molecule has 1 atom stereocenters. The number of benzene rings is 2. The zero-order valence-electron chi connectivity index (χ0n) is 11.5. The monoisotopic (exact) mass is 291 g/mol. The van der Waals surface area contributed by atoms with E-state index in [1.54, 1.807) is 31.2 Å². The predicted octanol–water partition coefficient (Wildman–Crippen LogP) is 3.22. The summed E-state index contributed by atoms with van der Waals surface area (Å²) in [4.78, 5) is 11.7. The van der Waals surface area contributed by atoms with Gasteiger partial charge in [0.1, 0.15) is 17.4 Å². The molecule has 1 unspecified atom stereocenters. The van der Waals surface area contributed by atoms with E-state index in [-0.39, 0.29) is 18.1 Å². The molecule has 0 spiro atoms. The van der Waals surface area contributed by atoms with Crippen LogP contribution in [0.2, 0.25) is 0 Å². The Bertz CT molecular complexity index is 617. The summed E-state index contributed by atoms with van der Waals surface area (Å²) < 4.78 is 31.7. The van der Waals surface area contributed by atoms with Gasteiger partial charge in [0.05, 0.1) is 6.04 Å². The van der Waals surface area contributed by atoms with Crippen molar-refractivity contribution in [3.05, 3.63) is 65.7 Å². The summed E-state index contributed by atoms with van der Waals surface area (Å²) in [6.07, 6.45) is 0. The van der Waals surface area contributed by atoms with Gasteiger partial charge in [-0.15, -0.1) is 0 Å². The number of hydrogen-bond donors (Lipinski definition) is 1.